The molecule has 0 amide bonds. The highest BCUT2D eigenvalue weighted by Gasteiger charge is 2.17. The molecule has 2 heteroatoms. The number of rotatable bonds is 7. The molecule has 0 saturated carbocycles. The Kier molecular flexibility index (Phi) is 6.30. The van der Waals surface area contributed by atoms with E-state index >= 15 is 0 Å². The Morgan fingerprint density at radius 3 is 2.32 bits per heavy atom. The Morgan fingerprint density at radius 2 is 1.71 bits per heavy atom. The lowest BCUT2D eigenvalue weighted by molar-refractivity contribution is 0.590. The SMILES string of the molecule is CCC(C)c1ccc2[nH]c(-c3ccc(C(C)(C)C)cc3)c(CCCCN)c2c1. The fourth-order valence-corrected chi connectivity index (χ4v) is 3.90. The molecule has 0 fully saturated rings. The molecule has 1 unspecified atom stereocenters. The van der Waals surface area contributed by atoms with E-state index in [1.807, 2.05) is 0 Å². The molecule has 2 aromatic carbocycles. The van der Waals surface area contributed by atoms with Gasteiger partial charge >= 0.3 is 0 Å². The number of aryl methyl sites for hydroxylation is 1. The van der Waals surface area contributed by atoms with E-state index in [2.05, 4.69) is 82.1 Å². The maximum Gasteiger partial charge on any atom is 0.0497 e. The normalized spacial score (nSPS) is 13.2. The maximum atomic E-state index is 5.76. The third kappa shape index (κ3) is 4.33. The van der Waals surface area contributed by atoms with Gasteiger partial charge in [0.25, 0.3) is 0 Å². The molecule has 3 N–H and O–H groups in total. The van der Waals surface area contributed by atoms with Gasteiger partial charge in [-0.25, -0.2) is 0 Å². The summed E-state index contributed by atoms with van der Waals surface area (Å²) >= 11 is 0. The highest BCUT2D eigenvalue weighted by Crippen LogP contribution is 2.35. The number of unbranched alkanes of at least 4 members (excludes halogenated alkanes) is 1. The molecule has 0 bridgehead atoms. The zero-order chi connectivity index (χ0) is 20.3. The maximum absolute atomic E-state index is 5.76. The van der Waals surface area contributed by atoms with Crippen LogP contribution in [0.4, 0.5) is 0 Å². The summed E-state index contributed by atoms with van der Waals surface area (Å²) < 4.78 is 0. The van der Waals surface area contributed by atoms with E-state index in [1.54, 1.807) is 0 Å². The highest BCUT2D eigenvalue weighted by atomic mass is 14.7. The summed E-state index contributed by atoms with van der Waals surface area (Å²) in [5, 5.41) is 1.38. The smallest absolute Gasteiger partial charge is 0.0497 e. The van der Waals surface area contributed by atoms with Gasteiger partial charge in [0.1, 0.15) is 0 Å². The van der Waals surface area contributed by atoms with Crippen LogP contribution in [0.25, 0.3) is 22.2 Å². The molecule has 0 radical (unpaired) electrons. The summed E-state index contributed by atoms with van der Waals surface area (Å²) in [4.78, 5) is 3.72. The van der Waals surface area contributed by atoms with Crippen molar-refractivity contribution >= 4 is 10.9 Å². The monoisotopic (exact) mass is 376 g/mol. The summed E-state index contributed by atoms with van der Waals surface area (Å²) in [6, 6.07) is 16.0. The minimum Gasteiger partial charge on any atom is -0.354 e. The van der Waals surface area contributed by atoms with E-state index in [9.17, 15) is 0 Å². The van der Waals surface area contributed by atoms with Crippen LogP contribution in [0.3, 0.4) is 0 Å². The predicted molar refractivity (Wildman–Crippen MR) is 123 cm³/mol. The Balaban J connectivity index is 2.08. The van der Waals surface area contributed by atoms with Crippen molar-refractivity contribution < 1.29 is 0 Å². The van der Waals surface area contributed by atoms with Gasteiger partial charge < -0.3 is 10.7 Å². The molecular formula is C26H36N2. The lowest BCUT2D eigenvalue weighted by Crippen LogP contribution is -2.10. The van der Waals surface area contributed by atoms with Crippen LogP contribution in [0.1, 0.15) is 76.5 Å². The third-order valence-electron chi connectivity index (χ3n) is 6.03. The van der Waals surface area contributed by atoms with Gasteiger partial charge in [-0.15, -0.1) is 0 Å². The number of aromatic nitrogens is 1. The molecule has 0 aliphatic heterocycles. The molecular weight excluding hydrogens is 340 g/mol. The summed E-state index contributed by atoms with van der Waals surface area (Å²) in [5.74, 6) is 0.589. The Hall–Kier alpha value is -2.06. The first-order valence-corrected chi connectivity index (χ1v) is 10.8. The van der Waals surface area contributed by atoms with Crippen molar-refractivity contribution in [1.29, 1.82) is 0 Å². The Labute approximate surface area is 170 Å². The first-order chi connectivity index (χ1) is 13.3. The summed E-state index contributed by atoms with van der Waals surface area (Å²) in [5.41, 5.74) is 14.0. The van der Waals surface area contributed by atoms with Gasteiger partial charge in [-0.2, -0.15) is 0 Å². The number of benzene rings is 2. The predicted octanol–water partition coefficient (Wildman–Crippen LogP) is 6.93. The minimum absolute atomic E-state index is 0.175. The van der Waals surface area contributed by atoms with E-state index in [-0.39, 0.29) is 5.41 Å². The standard InChI is InChI=1S/C26H36N2/c1-6-18(2)20-12-15-24-23(17-20)22(9-7-8-16-27)25(28-24)19-10-13-21(14-11-19)26(3,4)5/h10-15,17-18,28H,6-9,16,27H2,1-5H3. The van der Waals surface area contributed by atoms with Crippen LogP contribution in [0.15, 0.2) is 42.5 Å². The summed E-state index contributed by atoms with van der Waals surface area (Å²) in [6.07, 6.45) is 4.43. The number of hydrogen-bond donors (Lipinski definition) is 2. The highest BCUT2D eigenvalue weighted by molar-refractivity contribution is 5.91. The first kappa shape index (κ1) is 20.7. The lowest BCUT2D eigenvalue weighted by Gasteiger charge is -2.19. The third-order valence-corrected chi connectivity index (χ3v) is 6.03. The van der Waals surface area contributed by atoms with E-state index in [1.165, 1.54) is 45.3 Å². The van der Waals surface area contributed by atoms with Crippen molar-refractivity contribution in [3.05, 3.63) is 59.2 Å². The second-order valence-electron chi connectivity index (χ2n) is 9.17. The zero-order valence-corrected chi connectivity index (χ0v) is 18.2. The van der Waals surface area contributed by atoms with Crippen molar-refractivity contribution in [1.82, 2.24) is 4.98 Å². The van der Waals surface area contributed by atoms with Crippen LogP contribution >= 0.6 is 0 Å². The fourth-order valence-electron chi connectivity index (χ4n) is 3.90. The van der Waals surface area contributed by atoms with Gasteiger partial charge in [-0.1, -0.05) is 65.0 Å². The van der Waals surface area contributed by atoms with Crippen LogP contribution in [0.5, 0.6) is 0 Å². The minimum atomic E-state index is 0.175. The van der Waals surface area contributed by atoms with Crippen molar-refractivity contribution in [2.24, 2.45) is 5.73 Å². The number of nitrogens with two attached hydrogens (primary N) is 1. The molecule has 2 nitrogen and oxygen atoms in total. The molecule has 150 valence electrons. The molecule has 1 heterocycles. The fraction of sp³-hybridized carbons (Fsp3) is 0.462. The molecule has 28 heavy (non-hydrogen) atoms. The number of fused-ring (bicyclic) bond motifs is 1. The number of nitrogens with one attached hydrogen (secondary N) is 1. The molecule has 0 aliphatic carbocycles. The molecule has 1 aromatic heterocycles. The number of aromatic amines is 1. The summed E-state index contributed by atoms with van der Waals surface area (Å²) in [6.45, 7) is 12.1. The molecule has 0 saturated heterocycles. The first-order valence-electron chi connectivity index (χ1n) is 10.8. The van der Waals surface area contributed by atoms with Crippen molar-refractivity contribution in [2.75, 3.05) is 6.54 Å². The molecule has 1 atom stereocenters. The second-order valence-corrected chi connectivity index (χ2v) is 9.17. The van der Waals surface area contributed by atoms with E-state index < -0.39 is 0 Å². The van der Waals surface area contributed by atoms with Crippen molar-refractivity contribution in [3.8, 4) is 11.3 Å². The largest absolute Gasteiger partial charge is 0.354 e. The van der Waals surface area contributed by atoms with Gasteiger partial charge in [-0.05, 0) is 77.9 Å². The number of hydrogen-bond acceptors (Lipinski definition) is 1. The Morgan fingerprint density at radius 1 is 1.00 bits per heavy atom. The van der Waals surface area contributed by atoms with E-state index in [0.717, 1.165) is 25.8 Å². The van der Waals surface area contributed by atoms with Gasteiger partial charge in [0.15, 0.2) is 0 Å². The average molecular weight is 377 g/mol. The second kappa shape index (κ2) is 8.53. The van der Waals surface area contributed by atoms with Crippen molar-refractivity contribution in [3.63, 3.8) is 0 Å². The van der Waals surface area contributed by atoms with Crippen LogP contribution < -0.4 is 5.73 Å². The quantitative estimate of drug-likeness (QED) is 0.431. The lowest BCUT2D eigenvalue weighted by atomic mass is 9.86. The Bertz CT molecular complexity index is 910. The summed E-state index contributed by atoms with van der Waals surface area (Å²) in [7, 11) is 0. The molecule has 0 spiro atoms. The van der Waals surface area contributed by atoms with Crippen LogP contribution in [0, 0.1) is 0 Å². The van der Waals surface area contributed by atoms with Gasteiger partial charge in [0, 0.05) is 16.6 Å². The van der Waals surface area contributed by atoms with Crippen LogP contribution in [-0.2, 0) is 11.8 Å². The molecule has 0 aliphatic rings. The van der Waals surface area contributed by atoms with E-state index in [0.29, 0.717) is 5.92 Å². The van der Waals surface area contributed by atoms with Gasteiger partial charge in [0.2, 0.25) is 0 Å². The van der Waals surface area contributed by atoms with Gasteiger partial charge in [0.05, 0.1) is 0 Å². The average Bonchev–Trinajstić information content (AvgIpc) is 3.05. The van der Waals surface area contributed by atoms with Crippen LogP contribution in [-0.4, -0.2) is 11.5 Å². The topological polar surface area (TPSA) is 41.8 Å². The van der Waals surface area contributed by atoms with Gasteiger partial charge in [-0.3, -0.25) is 0 Å². The molecule has 3 rings (SSSR count). The zero-order valence-electron chi connectivity index (χ0n) is 18.2. The van der Waals surface area contributed by atoms with E-state index in [4.69, 9.17) is 5.73 Å². The number of H-pyrrole nitrogens is 1. The van der Waals surface area contributed by atoms with Crippen LogP contribution in [0.2, 0.25) is 0 Å². The van der Waals surface area contributed by atoms with Crippen molar-refractivity contribution in [2.45, 2.75) is 71.6 Å². The molecule has 3 aromatic rings.